The largest absolute Gasteiger partial charge is 0.472 e. The highest BCUT2D eigenvalue weighted by Crippen LogP contribution is 2.49. The summed E-state index contributed by atoms with van der Waals surface area (Å²) in [5, 5.41) is 19.6. The van der Waals surface area contributed by atoms with Crippen molar-refractivity contribution in [2.45, 2.75) is 50.5 Å². The van der Waals surface area contributed by atoms with E-state index in [1.807, 2.05) is 0 Å². The van der Waals surface area contributed by atoms with Crippen LogP contribution < -0.4 is 22.7 Å². The minimum absolute atomic E-state index is 0.00376. The molecule has 2 aromatic rings. The second kappa shape index (κ2) is 9.99. The van der Waals surface area contributed by atoms with Gasteiger partial charge in [-0.25, -0.2) is 14.2 Å². The molecule has 0 aromatic carbocycles. The topological polar surface area (TPSA) is 230 Å². The van der Waals surface area contributed by atoms with E-state index in [1.165, 1.54) is 23.8 Å². The average molecular weight is 531 g/mol. The molecule has 2 aromatic heterocycles. The van der Waals surface area contributed by atoms with E-state index in [-0.39, 0.29) is 36.6 Å². The van der Waals surface area contributed by atoms with Gasteiger partial charge in [-0.1, -0.05) is 0 Å². The van der Waals surface area contributed by atoms with Crippen LogP contribution in [0.4, 0.5) is 5.82 Å². The van der Waals surface area contributed by atoms with Gasteiger partial charge in [0.05, 0.1) is 19.8 Å². The molecule has 1 saturated heterocycles. The number of nitrogens with one attached hydrogen (secondary N) is 1. The molecule has 16 nitrogen and oxygen atoms in total. The van der Waals surface area contributed by atoms with E-state index < -0.39 is 68.6 Å². The third-order valence-electron chi connectivity index (χ3n) is 6.12. The highest BCUT2D eigenvalue weighted by atomic mass is 31.2. The van der Waals surface area contributed by atoms with Crippen molar-refractivity contribution in [1.82, 2.24) is 19.1 Å². The number of hydrogen-bond donors (Lipinski definition) is 5. The third-order valence-corrected chi connectivity index (χ3v) is 7.12. The van der Waals surface area contributed by atoms with Gasteiger partial charge in [-0.15, -0.1) is 0 Å². The zero-order valence-corrected chi connectivity index (χ0v) is 20.0. The highest BCUT2D eigenvalue weighted by Gasteiger charge is 2.44. The number of rotatable bonds is 8. The summed E-state index contributed by atoms with van der Waals surface area (Å²) in [7, 11) is -4.81. The monoisotopic (exact) mass is 531 g/mol. The molecule has 5 atom stereocenters. The Morgan fingerprint density at radius 3 is 2.78 bits per heavy atom. The molecule has 0 amide bonds. The van der Waals surface area contributed by atoms with Gasteiger partial charge in [0.2, 0.25) is 0 Å². The van der Waals surface area contributed by atoms with E-state index in [4.69, 9.17) is 24.3 Å². The first kappa shape index (κ1) is 26.4. The number of nitrogens with zero attached hydrogens (tertiary/aromatic N) is 3. The second-order valence-electron chi connectivity index (χ2n) is 8.53. The van der Waals surface area contributed by atoms with Crippen LogP contribution >= 0.6 is 7.82 Å². The van der Waals surface area contributed by atoms with Crippen LogP contribution in [0.15, 0.2) is 26.6 Å². The predicted molar refractivity (Wildman–Crippen MR) is 120 cm³/mol. The van der Waals surface area contributed by atoms with Crippen molar-refractivity contribution in [3.8, 4) is 0 Å². The predicted octanol–water partition coefficient (Wildman–Crippen LogP) is -2.27. The van der Waals surface area contributed by atoms with Crippen LogP contribution in [0.1, 0.15) is 23.9 Å². The number of ether oxygens (including phenoxy) is 2. The molecule has 1 unspecified atom stereocenters. The molecule has 4 heterocycles. The summed E-state index contributed by atoms with van der Waals surface area (Å²) in [6.07, 6.45) is -2.07. The van der Waals surface area contributed by atoms with E-state index >= 15 is 0 Å². The molecule has 4 rings (SSSR count). The quantitative estimate of drug-likeness (QED) is 0.226. The number of aliphatic hydroxyl groups is 2. The van der Waals surface area contributed by atoms with E-state index in [2.05, 4.69) is 9.97 Å². The molecule has 0 spiro atoms. The number of anilines is 1. The fraction of sp³-hybridized carbons (Fsp3) is 0.579. The summed E-state index contributed by atoms with van der Waals surface area (Å²) in [5.41, 5.74) is 2.45. The Morgan fingerprint density at radius 2 is 2.11 bits per heavy atom. The van der Waals surface area contributed by atoms with Crippen molar-refractivity contribution in [2.24, 2.45) is 0 Å². The van der Waals surface area contributed by atoms with Crippen molar-refractivity contribution < 1.29 is 38.2 Å². The number of aliphatic hydroxyl groups excluding tert-OH is 2. The maximum Gasteiger partial charge on any atom is 0.472 e. The van der Waals surface area contributed by atoms with E-state index in [0.29, 0.717) is 0 Å². The van der Waals surface area contributed by atoms with Gasteiger partial charge in [-0.2, -0.15) is 4.98 Å². The third kappa shape index (κ3) is 5.21. The Bertz CT molecular complexity index is 1360. The molecule has 1 fully saturated rings. The molecular formula is C19H26N5O11P. The lowest BCUT2D eigenvalue weighted by molar-refractivity contribution is -0.148. The van der Waals surface area contributed by atoms with Crippen molar-refractivity contribution in [3.05, 3.63) is 54.8 Å². The van der Waals surface area contributed by atoms with Gasteiger partial charge in [-0.3, -0.25) is 28.0 Å². The first-order valence-corrected chi connectivity index (χ1v) is 12.3. The zero-order valence-electron chi connectivity index (χ0n) is 19.1. The Balaban J connectivity index is 1.46. The maximum absolute atomic E-state index is 12.7. The standard InChI is InChI=1S/C19H26N5O11P/c1-10-11-5-19(7-26,32-9-24(11)18(29)22-16(10)27)8-33-36(30,31)35-12-4-15(34-13(12)6-25)23-3-2-14(20)21-17(23)28/h2-3,12-13,15,25-26H,4-9H2,1H3,(H,30,31)(H2,20,21,28)(H,22,27,29)/t12-,13+,15+,19+/m0/s1. The van der Waals surface area contributed by atoms with Crippen LogP contribution in [0.2, 0.25) is 0 Å². The molecule has 2 aliphatic rings. The molecule has 0 radical (unpaired) electrons. The molecule has 198 valence electrons. The summed E-state index contributed by atoms with van der Waals surface area (Å²) >= 11 is 0. The molecule has 0 bridgehead atoms. The second-order valence-corrected chi connectivity index (χ2v) is 9.93. The zero-order chi connectivity index (χ0) is 26.3. The molecular weight excluding hydrogens is 505 g/mol. The van der Waals surface area contributed by atoms with Crippen LogP contribution in [0.25, 0.3) is 0 Å². The Hall–Kier alpha value is -2.69. The van der Waals surface area contributed by atoms with Crippen molar-refractivity contribution in [1.29, 1.82) is 0 Å². The Kier molecular flexibility index (Phi) is 7.32. The Labute approximate surface area is 202 Å². The lowest BCUT2D eigenvalue weighted by atomic mass is 9.96. The first-order valence-electron chi connectivity index (χ1n) is 10.8. The smallest absolute Gasteiger partial charge is 0.394 e. The number of nitrogens with two attached hydrogens (primary N) is 1. The minimum atomic E-state index is -4.81. The SMILES string of the molecule is Cc1c2n(c(=O)[nH]c1=O)CO[C@](CO)(COP(=O)(O)O[C@H]1C[C@H](n3ccc(N)nc3=O)O[C@@H]1CO)C2. The molecule has 0 saturated carbocycles. The van der Waals surface area contributed by atoms with Gasteiger partial charge in [-0.05, 0) is 13.0 Å². The van der Waals surface area contributed by atoms with E-state index in [0.717, 1.165) is 4.57 Å². The van der Waals surface area contributed by atoms with Crippen LogP contribution in [0.5, 0.6) is 0 Å². The highest BCUT2D eigenvalue weighted by molar-refractivity contribution is 7.47. The number of fused-ring (bicyclic) bond motifs is 1. The summed E-state index contributed by atoms with van der Waals surface area (Å²) in [4.78, 5) is 52.2. The number of aromatic amines is 1. The van der Waals surface area contributed by atoms with Crippen LogP contribution in [-0.2, 0) is 36.2 Å². The number of nitrogen functional groups attached to an aromatic ring is 1. The fourth-order valence-electron chi connectivity index (χ4n) is 4.07. The summed E-state index contributed by atoms with van der Waals surface area (Å²) in [5.74, 6) is 0.00376. The number of phosphoric ester groups is 1. The molecule has 17 heteroatoms. The van der Waals surface area contributed by atoms with Crippen LogP contribution in [0.3, 0.4) is 0 Å². The van der Waals surface area contributed by atoms with Crippen molar-refractivity contribution in [2.75, 3.05) is 25.6 Å². The average Bonchev–Trinajstić information content (AvgIpc) is 3.22. The number of hydrogen-bond acceptors (Lipinski definition) is 12. The van der Waals surface area contributed by atoms with Crippen LogP contribution in [-0.4, -0.2) is 71.8 Å². The van der Waals surface area contributed by atoms with E-state index in [1.54, 1.807) is 0 Å². The lowest BCUT2D eigenvalue weighted by Crippen LogP contribution is -2.51. The summed E-state index contributed by atoms with van der Waals surface area (Å²) in [6.45, 7) is -0.705. The lowest BCUT2D eigenvalue weighted by Gasteiger charge is -2.37. The molecule has 6 N–H and O–H groups in total. The number of phosphoric acid groups is 1. The van der Waals surface area contributed by atoms with Crippen molar-refractivity contribution >= 4 is 13.6 Å². The minimum Gasteiger partial charge on any atom is -0.394 e. The molecule has 36 heavy (non-hydrogen) atoms. The van der Waals surface area contributed by atoms with Gasteiger partial charge in [0, 0.05) is 30.3 Å². The van der Waals surface area contributed by atoms with Gasteiger partial charge in [0.25, 0.3) is 5.56 Å². The van der Waals surface area contributed by atoms with Gasteiger partial charge < -0.3 is 30.3 Å². The maximum atomic E-state index is 12.7. The fourth-order valence-corrected chi connectivity index (χ4v) is 5.09. The van der Waals surface area contributed by atoms with Crippen LogP contribution in [0, 0.1) is 6.92 Å². The summed E-state index contributed by atoms with van der Waals surface area (Å²) < 4.78 is 36.5. The first-order chi connectivity index (χ1) is 17.0. The number of aromatic nitrogens is 4. The van der Waals surface area contributed by atoms with Gasteiger partial charge >= 0.3 is 19.2 Å². The Morgan fingerprint density at radius 1 is 1.36 bits per heavy atom. The molecule has 0 aliphatic carbocycles. The van der Waals surface area contributed by atoms with Gasteiger partial charge in [0.1, 0.15) is 36.6 Å². The van der Waals surface area contributed by atoms with E-state index in [9.17, 15) is 34.1 Å². The normalized spacial score (nSPS) is 27.5. The summed E-state index contributed by atoms with van der Waals surface area (Å²) in [6, 6.07) is 1.37. The van der Waals surface area contributed by atoms with Gasteiger partial charge in [0.15, 0.2) is 0 Å². The van der Waals surface area contributed by atoms with Crippen molar-refractivity contribution in [3.63, 3.8) is 0 Å². The molecule has 2 aliphatic heterocycles. The number of H-pyrrole nitrogens is 1.